The van der Waals surface area contributed by atoms with Crippen LogP contribution in [0.2, 0.25) is 5.02 Å². The number of nitrogen functional groups attached to an aromatic ring is 1. The van der Waals surface area contributed by atoms with Gasteiger partial charge in [0.25, 0.3) is 5.56 Å². The number of carbonyl (C=O) groups is 1. The Morgan fingerprint density at radius 2 is 1.78 bits per heavy atom. The van der Waals surface area contributed by atoms with Gasteiger partial charge in [0.05, 0.1) is 12.3 Å². The van der Waals surface area contributed by atoms with E-state index in [2.05, 4.69) is 4.98 Å². The van der Waals surface area contributed by atoms with Crippen LogP contribution in [0.1, 0.15) is 19.4 Å². The van der Waals surface area contributed by atoms with Crippen molar-refractivity contribution < 1.29 is 4.79 Å². The summed E-state index contributed by atoms with van der Waals surface area (Å²) in [5, 5.41) is 0.613. The zero-order chi connectivity index (χ0) is 23.3. The van der Waals surface area contributed by atoms with Crippen molar-refractivity contribution in [3.8, 4) is 0 Å². The topological polar surface area (TPSA) is 101 Å². The van der Waals surface area contributed by atoms with Crippen LogP contribution in [0.25, 0.3) is 0 Å². The molecule has 3 rings (SSSR count). The molecule has 0 saturated heterocycles. The van der Waals surface area contributed by atoms with Crippen molar-refractivity contribution in [3.05, 3.63) is 86.0 Å². The number of hydrogen-bond acceptors (Lipinski definition) is 5. The van der Waals surface area contributed by atoms with E-state index in [4.69, 9.17) is 17.3 Å². The highest BCUT2D eigenvalue weighted by atomic mass is 35.5. The van der Waals surface area contributed by atoms with E-state index in [0.717, 1.165) is 10.5 Å². The Hall–Kier alpha value is -2.97. The van der Waals surface area contributed by atoms with Gasteiger partial charge in [-0.05, 0) is 35.7 Å². The van der Waals surface area contributed by atoms with Gasteiger partial charge in [-0.15, -0.1) is 11.8 Å². The van der Waals surface area contributed by atoms with Crippen molar-refractivity contribution in [2.24, 2.45) is 5.92 Å². The van der Waals surface area contributed by atoms with Gasteiger partial charge in [-0.25, -0.2) is 4.79 Å². The number of carbonyl (C=O) groups excluding carboxylic acids is 1. The van der Waals surface area contributed by atoms with Crippen molar-refractivity contribution in [1.29, 1.82) is 0 Å². The summed E-state index contributed by atoms with van der Waals surface area (Å²) in [6.45, 7) is 4.35. The summed E-state index contributed by atoms with van der Waals surface area (Å²) in [6.07, 6.45) is 0. The van der Waals surface area contributed by atoms with Crippen molar-refractivity contribution in [3.63, 3.8) is 0 Å². The number of H-pyrrole nitrogens is 1. The number of aromatic nitrogens is 2. The fraction of sp³-hybridized carbons (Fsp3) is 0.261. The molecule has 7 nitrogen and oxygen atoms in total. The average Bonchev–Trinajstić information content (AvgIpc) is 2.75. The zero-order valence-corrected chi connectivity index (χ0v) is 19.4. The van der Waals surface area contributed by atoms with Crippen LogP contribution >= 0.6 is 23.4 Å². The van der Waals surface area contributed by atoms with Gasteiger partial charge in [-0.3, -0.25) is 19.1 Å². The molecule has 0 atom stereocenters. The monoisotopic (exact) mass is 472 g/mol. The molecular formula is C23H25ClN4O3S. The second-order valence-electron chi connectivity index (χ2n) is 7.71. The van der Waals surface area contributed by atoms with Gasteiger partial charge in [0.2, 0.25) is 5.91 Å². The Morgan fingerprint density at radius 3 is 2.41 bits per heavy atom. The lowest BCUT2D eigenvalue weighted by Crippen LogP contribution is -2.43. The van der Waals surface area contributed by atoms with E-state index in [9.17, 15) is 14.4 Å². The molecule has 2 aromatic carbocycles. The van der Waals surface area contributed by atoms with Gasteiger partial charge in [-0.1, -0.05) is 55.8 Å². The van der Waals surface area contributed by atoms with Gasteiger partial charge >= 0.3 is 5.69 Å². The quantitative estimate of drug-likeness (QED) is 0.488. The average molecular weight is 473 g/mol. The Labute approximate surface area is 195 Å². The maximum absolute atomic E-state index is 13.2. The highest BCUT2D eigenvalue weighted by Crippen LogP contribution is 2.24. The molecule has 0 spiro atoms. The van der Waals surface area contributed by atoms with Crippen LogP contribution in [-0.4, -0.2) is 27.8 Å². The predicted molar refractivity (Wildman–Crippen MR) is 131 cm³/mol. The molecule has 168 valence electrons. The molecule has 0 aliphatic heterocycles. The summed E-state index contributed by atoms with van der Waals surface area (Å²) < 4.78 is 1.28. The van der Waals surface area contributed by atoms with Crippen LogP contribution in [0.15, 0.2) is 69.1 Å². The zero-order valence-electron chi connectivity index (χ0n) is 17.9. The normalized spacial score (nSPS) is 11.0. The largest absolute Gasteiger partial charge is 0.383 e. The molecule has 3 N–H and O–H groups in total. The van der Waals surface area contributed by atoms with E-state index in [1.165, 1.54) is 21.2 Å². The summed E-state index contributed by atoms with van der Waals surface area (Å²) in [5.41, 5.74) is 5.85. The molecule has 0 fully saturated rings. The third-order valence-corrected chi connectivity index (χ3v) is 5.94. The van der Waals surface area contributed by atoms with E-state index in [1.54, 1.807) is 12.1 Å². The van der Waals surface area contributed by atoms with Gasteiger partial charge < -0.3 is 10.6 Å². The molecule has 0 saturated carbocycles. The van der Waals surface area contributed by atoms with Crippen LogP contribution in [0, 0.1) is 5.92 Å². The van der Waals surface area contributed by atoms with E-state index in [0.29, 0.717) is 5.02 Å². The third kappa shape index (κ3) is 5.83. The van der Waals surface area contributed by atoms with E-state index in [1.807, 2.05) is 56.3 Å². The number of hydrogen-bond donors (Lipinski definition) is 2. The lowest BCUT2D eigenvalue weighted by atomic mass is 10.2. The first-order valence-corrected chi connectivity index (χ1v) is 11.5. The van der Waals surface area contributed by atoms with Crippen molar-refractivity contribution >= 4 is 40.8 Å². The molecule has 3 aromatic rings. The summed E-state index contributed by atoms with van der Waals surface area (Å²) in [5.74, 6) is -0.132. The van der Waals surface area contributed by atoms with Crippen molar-refractivity contribution in [1.82, 2.24) is 9.55 Å². The first-order chi connectivity index (χ1) is 15.3. The van der Waals surface area contributed by atoms with Crippen LogP contribution in [0.5, 0.6) is 0 Å². The van der Waals surface area contributed by atoms with E-state index >= 15 is 0 Å². The minimum Gasteiger partial charge on any atom is -0.383 e. The van der Waals surface area contributed by atoms with Crippen LogP contribution in [0.4, 0.5) is 11.5 Å². The van der Waals surface area contributed by atoms with Gasteiger partial charge in [0, 0.05) is 16.5 Å². The van der Waals surface area contributed by atoms with Crippen molar-refractivity contribution in [2.45, 2.75) is 25.3 Å². The van der Waals surface area contributed by atoms with Crippen LogP contribution in [-0.2, 0) is 11.3 Å². The lowest BCUT2D eigenvalue weighted by molar-refractivity contribution is -0.116. The molecule has 1 aromatic heterocycles. The lowest BCUT2D eigenvalue weighted by Gasteiger charge is -2.26. The van der Waals surface area contributed by atoms with E-state index in [-0.39, 0.29) is 42.2 Å². The van der Waals surface area contributed by atoms with Crippen molar-refractivity contribution in [2.75, 3.05) is 22.9 Å². The second-order valence-corrected chi connectivity index (χ2v) is 9.19. The fourth-order valence-electron chi connectivity index (χ4n) is 3.20. The molecule has 1 amide bonds. The SMILES string of the molecule is CC(C)CN(C(=O)CSc1ccc(Cl)cc1)c1c(N)n(Cc2ccccc2)c(=O)[nH]c1=O. The minimum absolute atomic E-state index is 0.00376. The Morgan fingerprint density at radius 1 is 1.12 bits per heavy atom. The van der Waals surface area contributed by atoms with Crippen LogP contribution in [0.3, 0.4) is 0 Å². The number of nitrogens with two attached hydrogens (primary N) is 1. The third-order valence-electron chi connectivity index (χ3n) is 4.69. The molecule has 0 aliphatic carbocycles. The molecule has 32 heavy (non-hydrogen) atoms. The maximum atomic E-state index is 13.2. The summed E-state index contributed by atoms with van der Waals surface area (Å²) in [4.78, 5) is 43.0. The first-order valence-electron chi connectivity index (χ1n) is 10.1. The van der Waals surface area contributed by atoms with Gasteiger partial charge in [0.1, 0.15) is 5.82 Å². The number of halogens is 1. The Kier molecular flexibility index (Phi) is 7.82. The number of anilines is 2. The van der Waals surface area contributed by atoms with Crippen LogP contribution < -0.4 is 21.9 Å². The second kappa shape index (κ2) is 10.6. The molecule has 0 bridgehead atoms. The first kappa shape index (κ1) is 23.7. The number of nitrogens with zero attached hydrogens (tertiary/aromatic N) is 2. The Bertz CT molecular complexity index is 1190. The predicted octanol–water partition coefficient (Wildman–Crippen LogP) is 3.60. The molecular weight excluding hydrogens is 448 g/mol. The number of rotatable bonds is 8. The molecule has 0 radical (unpaired) electrons. The molecule has 9 heteroatoms. The summed E-state index contributed by atoms with van der Waals surface area (Å²) in [7, 11) is 0. The smallest absolute Gasteiger partial charge is 0.330 e. The number of thioether (sulfide) groups is 1. The standard InChI is InChI=1S/C23H25ClN4O3S/c1-15(2)12-27(19(29)14-32-18-10-8-17(24)9-11-18)20-21(25)28(23(31)26-22(20)30)13-16-6-4-3-5-7-16/h3-11,15H,12-14,25H2,1-2H3,(H,26,30,31). The number of nitrogens with one attached hydrogen (secondary N) is 1. The number of aromatic amines is 1. The number of amides is 1. The molecule has 0 unspecified atom stereocenters. The highest BCUT2D eigenvalue weighted by molar-refractivity contribution is 8.00. The van der Waals surface area contributed by atoms with E-state index < -0.39 is 11.2 Å². The summed E-state index contributed by atoms with van der Waals surface area (Å²) >= 11 is 7.26. The maximum Gasteiger partial charge on any atom is 0.330 e. The van der Waals surface area contributed by atoms with Gasteiger partial charge in [-0.2, -0.15) is 0 Å². The highest BCUT2D eigenvalue weighted by Gasteiger charge is 2.25. The fourth-order valence-corrected chi connectivity index (χ4v) is 4.10. The molecule has 1 heterocycles. The van der Waals surface area contributed by atoms with Gasteiger partial charge in [0.15, 0.2) is 5.69 Å². The molecule has 0 aliphatic rings. The number of benzene rings is 2. The summed E-state index contributed by atoms with van der Waals surface area (Å²) in [6, 6.07) is 16.5. The minimum atomic E-state index is -0.678. The Balaban J connectivity index is 1.94.